The van der Waals surface area contributed by atoms with Gasteiger partial charge in [-0.3, -0.25) is 0 Å². The molecule has 4 rings (SSSR count). The van der Waals surface area contributed by atoms with Crippen LogP contribution in [0.25, 0.3) is 0 Å². The SMILES string of the molecule is COc1ccc(C2(O)C[N+]3=C(SCCC3)N2c2ccccc2C)cc1.[Br-]. The Balaban J connectivity index is 0.00000196. The van der Waals surface area contributed by atoms with Crippen molar-refractivity contribution >= 4 is 22.6 Å². The molecular formula is C20H23BrN2O2S. The summed E-state index contributed by atoms with van der Waals surface area (Å²) in [4.78, 5) is 2.12. The summed E-state index contributed by atoms with van der Waals surface area (Å²) >= 11 is 1.83. The molecule has 0 fully saturated rings. The first-order chi connectivity index (χ1) is 12.1. The van der Waals surface area contributed by atoms with Gasteiger partial charge < -0.3 is 26.8 Å². The van der Waals surface area contributed by atoms with Crippen LogP contribution in [-0.2, 0) is 5.72 Å². The highest BCUT2D eigenvalue weighted by atomic mass is 79.9. The second-order valence-electron chi connectivity index (χ2n) is 6.57. The third-order valence-electron chi connectivity index (χ3n) is 4.96. The summed E-state index contributed by atoms with van der Waals surface area (Å²) in [6.07, 6.45) is 1.15. The number of anilines is 1. The number of halogens is 1. The van der Waals surface area contributed by atoms with E-state index in [1.54, 1.807) is 7.11 Å². The normalized spacial score (nSPS) is 22.0. The van der Waals surface area contributed by atoms with Gasteiger partial charge in [-0.25, -0.2) is 4.58 Å². The molecule has 2 aromatic rings. The fourth-order valence-electron chi connectivity index (χ4n) is 3.65. The van der Waals surface area contributed by atoms with E-state index in [1.165, 1.54) is 0 Å². The number of methoxy groups -OCH3 is 1. The van der Waals surface area contributed by atoms with Gasteiger partial charge in [0.2, 0.25) is 0 Å². The molecule has 0 aliphatic carbocycles. The number of rotatable bonds is 3. The maximum atomic E-state index is 11.8. The van der Waals surface area contributed by atoms with E-state index in [1.807, 2.05) is 48.2 Å². The molecule has 1 N–H and O–H groups in total. The number of thioether (sulfide) groups is 1. The van der Waals surface area contributed by atoms with Gasteiger partial charge in [0.15, 0.2) is 6.54 Å². The van der Waals surface area contributed by atoms with E-state index >= 15 is 0 Å². The molecule has 0 saturated heterocycles. The van der Waals surface area contributed by atoms with Crippen molar-refractivity contribution in [2.24, 2.45) is 0 Å². The minimum atomic E-state index is -1.08. The fraction of sp³-hybridized carbons (Fsp3) is 0.350. The lowest BCUT2D eigenvalue weighted by molar-refractivity contribution is -0.532. The Bertz CT molecular complexity index is 825. The van der Waals surface area contributed by atoms with E-state index in [-0.39, 0.29) is 17.0 Å². The van der Waals surface area contributed by atoms with Crippen LogP contribution in [0.5, 0.6) is 5.75 Å². The van der Waals surface area contributed by atoms with Crippen LogP contribution in [0.15, 0.2) is 48.5 Å². The largest absolute Gasteiger partial charge is 1.00 e. The summed E-state index contributed by atoms with van der Waals surface area (Å²) < 4.78 is 7.59. The van der Waals surface area contributed by atoms with E-state index < -0.39 is 5.72 Å². The predicted octanol–water partition coefficient (Wildman–Crippen LogP) is 0.178. The zero-order chi connectivity index (χ0) is 17.4. The number of amidine groups is 1. The molecule has 0 bridgehead atoms. The van der Waals surface area contributed by atoms with E-state index in [2.05, 4.69) is 28.5 Å². The molecule has 4 nitrogen and oxygen atoms in total. The number of aliphatic hydroxyl groups is 1. The summed E-state index contributed by atoms with van der Waals surface area (Å²) in [5.41, 5.74) is 2.03. The molecule has 6 heteroatoms. The van der Waals surface area contributed by atoms with Crippen molar-refractivity contribution < 1.29 is 31.4 Å². The highest BCUT2D eigenvalue weighted by molar-refractivity contribution is 8.14. The van der Waals surface area contributed by atoms with Crippen LogP contribution in [0.2, 0.25) is 0 Å². The van der Waals surface area contributed by atoms with Gasteiger partial charge in [-0.2, -0.15) is 4.90 Å². The minimum absolute atomic E-state index is 0. The summed E-state index contributed by atoms with van der Waals surface area (Å²) in [5, 5.41) is 13.0. The predicted molar refractivity (Wildman–Crippen MR) is 103 cm³/mol. The number of hydrogen-bond donors (Lipinski definition) is 1. The minimum Gasteiger partial charge on any atom is -1.00 e. The van der Waals surface area contributed by atoms with Gasteiger partial charge in [0.05, 0.1) is 13.7 Å². The average Bonchev–Trinajstić information content (AvgIpc) is 2.95. The molecule has 138 valence electrons. The van der Waals surface area contributed by atoms with Gasteiger partial charge in [0.1, 0.15) is 11.4 Å². The van der Waals surface area contributed by atoms with Crippen LogP contribution in [0, 0.1) is 6.92 Å². The zero-order valence-electron chi connectivity index (χ0n) is 15.0. The lowest BCUT2D eigenvalue weighted by atomic mass is 10.00. The van der Waals surface area contributed by atoms with Crippen LogP contribution in [0.3, 0.4) is 0 Å². The molecule has 2 aliphatic rings. The maximum absolute atomic E-state index is 11.8. The Morgan fingerprint density at radius 2 is 1.88 bits per heavy atom. The van der Waals surface area contributed by atoms with Gasteiger partial charge in [-0.1, -0.05) is 18.2 Å². The van der Waals surface area contributed by atoms with Crippen LogP contribution in [0.1, 0.15) is 17.5 Å². The first kappa shape index (κ1) is 19.3. The van der Waals surface area contributed by atoms with Crippen LogP contribution in [0.4, 0.5) is 5.69 Å². The molecule has 0 radical (unpaired) electrons. The first-order valence-electron chi connectivity index (χ1n) is 8.61. The van der Waals surface area contributed by atoms with E-state index in [9.17, 15) is 5.11 Å². The Labute approximate surface area is 169 Å². The highest BCUT2D eigenvalue weighted by Gasteiger charge is 2.55. The number of ether oxygens (including phenoxy) is 1. The Morgan fingerprint density at radius 1 is 1.15 bits per heavy atom. The molecule has 0 aromatic heterocycles. The number of nitrogens with zero attached hydrogens (tertiary/aromatic N) is 2. The topological polar surface area (TPSA) is 35.7 Å². The molecule has 1 atom stereocenters. The molecule has 0 amide bonds. The van der Waals surface area contributed by atoms with Crippen LogP contribution < -0.4 is 26.6 Å². The van der Waals surface area contributed by atoms with Crippen molar-refractivity contribution in [1.29, 1.82) is 0 Å². The van der Waals surface area contributed by atoms with Crippen LogP contribution >= 0.6 is 11.8 Å². The Hall–Kier alpha value is -1.50. The van der Waals surface area contributed by atoms with Crippen molar-refractivity contribution in [2.75, 3.05) is 30.9 Å². The molecule has 1 unspecified atom stereocenters. The Kier molecular flexibility index (Phi) is 5.65. The molecular weight excluding hydrogens is 412 g/mol. The third kappa shape index (κ3) is 3.15. The molecule has 2 heterocycles. The third-order valence-corrected chi connectivity index (χ3v) is 6.15. The second kappa shape index (κ2) is 7.62. The van der Waals surface area contributed by atoms with Gasteiger partial charge in [-0.15, -0.1) is 0 Å². The summed E-state index contributed by atoms with van der Waals surface area (Å²) in [6, 6.07) is 16.0. The summed E-state index contributed by atoms with van der Waals surface area (Å²) in [5.74, 6) is 1.89. The van der Waals surface area contributed by atoms with Crippen molar-refractivity contribution in [3.63, 3.8) is 0 Å². The standard InChI is InChI=1S/C20H23N2O2S.BrH/c1-15-6-3-4-7-18(15)22-19-21(12-5-13-25-19)14-20(22,23)16-8-10-17(24-2)11-9-16;/h3-4,6-11,23H,5,12-14H2,1-2H3;1H/q+1;/p-1. The second-order valence-corrected chi connectivity index (χ2v) is 7.64. The number of hydrogen-bond acceptors (Lipinski definition) is 4. The van der Waals surface area contributed by atoms with Crippen molar-refractivity contribution in [3.8, 4) is 5.75 Å². The van der Waals surface area contributed by atoms with Crippen LogP contribution in [-0.4, -0.2) is 40.8 Å². The molecule has 0 spiro atoms. The highest BCUT2D eigenvalue weighted by Crippen LogP contribution is 2.41. The molecule has 2 aliphatic heterocycles. The zero-order valence-corrected chi connectivity index (χ0v) is 17.4. The molecule has 26 heavy (non-hydrogen) atoms. The number of benzene rings is 2. The lowest BCUT2D eigenvalue weighted by Crippen LogP contribution is -3.00. The van der Waals surface area contributed by atoms with Crippen molar-refractivity contribution in [1.82, 2.24) is 0 Å². The van der Waals surface area contributed by atoms with E-state index in [4.69, 9.17) is 4.74 Å². The summed E-state index contributed by atoms with van der Waals surface area (Å²) in [7, 11) is 1.66. The molecule has 0 saturated carbocycles. The van der Waals surface area contributed by atoms with Gasteiger partial charge in [-0.05, 0) is 61.0 Å². The van der Waals surface area contributed by atoms with E-state index in [0.717, 1.165) is 46.4 Å². The van der Waals surface area contributed by atoms with E-state index in [0.29, 0.717) is 6.54 Å². The number of para-hydroxylation sites is 1. The summed E-state index contributed by atoms with van der Waals surface area (Å²) in [6.45, 7) is 3.67. The fourth-order valence-corrected chi connectivity index (χ4v) is 4.82. The molecule has 2 aromatic carbocycles. The average molecular weight is 435 g/mol. The number of aryl methyl sites for hydroxylation is 1. The Morgan fingerprint density at radius 3 is 2.58 bits per heavy atom. The first-order valence-corrected chi connectivity index (χ1v) is 9.59. The van der Waals surface area contributed by atoms with Gasteiger partial charge >= 0.3 is 5.17 Å². The van der Waals surface area contributed by atoms with Crippen molar-refractivity contribution in [2.45, 2.75) is 19.1 Å². The lowest BCUT2D eigenvalue weighted by Gasteiger charge is -2.29. The van der Waals surface area contributed by atoms with Crippen molar-refractivity contribution in [3.05, 3.63) is 59.7 Å². The smallest absolute Gasteiger partial charge is 0.316 e. The van der Waals surface area contributed by atoms with Gasteiger partial charge in [0.25, 0.3) is 5.72 Å². The monoisotopic (exact) mass is 434 g/mol. The maximum Gasteiger partial charge on any atom is 0.316 e. The quantitative estimate of drug-likeness (QED) is 0.698. The van der Waals surface area contributed by atoms with Gasteiger partial charge in [0, 0.05) is 11.3 Å².